The number of esters is 1. The van der Waals surface area contributed by atoms with Crippen molar-refractivity contribution in [3.8, 4) is 23.0 Å². The molecule has 9 heteroatoms. The summed E-state index contributed by atoms with van der Waals surface area (Å²) in [5, 5.41) is 24.8. The fourth-order valence-corrected chi connectivity index (χ4v) is 7.39. The minimum absolute atomic E-state index is 0. The fraction of sp³-hybridized carbons (Fsp3) is 0.0500. The summed E-state index contributed by atoms with van der Waals surface area (Å²) in [6.45, 7) is 0. The third-order valence-corrected chi connectivity index (χ3v) is 8.76. The van der Waals surface area contributed by atoms with Crippen molar-refractivity contribution in [3.63, 3.8) is 0 Å². The summed E-state index contributed by atoms with van der Waals surface area (Å²) in [5.74, 6) is -0.181. The van der Waals surface area contributed by atoms with Crippen molar-refractivity contribution in [2.24, 2.45) is 0 Å². The first-order valence-electron chi connectivity index (χ1n) is 8.22. The van der Waals surface area contributed by atoms with Gasteiger partial charge in [0.05, 0.1) is 0 Å². The van der Waals surface area contributed by atoms with Gasteiger partial charge in [0.2, 0.25) is 0 Å². The molecule has 0 bridgehead atoms. The third-order valence-electron chi connectivity index (χ3n) is 5.06. The molecule has 1 spiro atoms. The first kappa shape index (κ1) is 20.6. The van der Waals surface area contributed by atoms with Crippen LogP contribution in [0.5, 0.6) is 23.0 Å². The van der Waals surface area contributed by atoms with E-state index in [4.69, 9.17) is 9.47 Å². The number of hydrogen-bond acceptors (Lipinski definition) is 5. The van der Waals surface area contributed by atoms with Gasteiger partial charge in [-0.05, 0) is 0 Å². The second-order valence-corrected chi connectivity index (χ2v) is 11.0. The maximum absolute atomic E-state index is 12.7. The first-order valence-corrected chi connectivity index (χ1v) is 12.6. The normalized spacial score (nSPS) is 18.3. The fourth-order valence-electron chi connectivity index (χ4n) is 3.81. The van der Waals surface area contributed by atoms with E-state index in [9.17, 15) is 15.0 Å². The Kier molecular flexibility index (Phi) is 4.96. The first-order chi connectivity index (χ1) is 13.3. The molecule has 143 valence electrons. The summed E-state index contributed by atoms with van der Waals surface area (Å²) in [7, 11) is 0. The van der Waals surface area contributed by atoms with Gasteiger partial charge in [0.25, 0.3) is 0 Å². The molecule has 0 radical (unpaired) electrons. The van der Waals surface area contributed by atoms with Crippen LogP contribution in [0.15, 0.2) is 51.4 Å². The summed E-state index contributed by atoms with van der Waals surface area (Å²) in [5.41, 5.74) is 0.959. The van der Waals surface area contributed by atoms with E-state index in [0.29, 0.717) is 45.8 Å². The van der Waals surface area contributed by atoms with Gasteiger partial charge in [0, 0.05) is 0 Å². The average molecular weight is 706 g/mol. The quantitative estimate of drug-likeness (QED) is 0.263. The molecule has 1 atom stereocenters. The van der Waals surface area contributed by atoms with Crippen LogP contribution in [0.3, 0.4) is 0 Å². The molecular weight excluding hydrogens is 697 g/mol. The van der Waals surface area contributed by atoms with E-state index < -0.39 is 11.6 Å². The van der Waals surface area contributed by atoms with Gasteiger partial charge in [-0.15, -0.1) is 0 Å². The Balaban J connectivity index is 0.00000205. The van der Waals surface area contributed by atoms with Gasteiger partial charge in [0.1, 0.15) is 0 Å². The Bertz CT molecular complexity index is 1210. The molecule has 2 heterocycles. The number of carbonyl (C=O) groups excluding carboxylic acids is 1. The van der Waals surface area contributed by atoms with Gasteiger partial charge in [-0.1, -0.05) is 0 Å². The summed E-state index contributed by atoms with van der Waals surface area (Å²) in [4.78, 5) is 12.7. The summed E-state index contributed by atoms with van der Waals surface area (Å²) in [6, 6.07) is 11.8. The van der Waals surface area contributed by atoms with E-state index in [1.165, 1.54) is 6.07 Å². The SMILES string of the molecule is O.O=C1OC2(c3cc(Br)c([O-])cc3Oc3c2cc(Br)c([O-])[c]3[Hg])c2ccccc21. The van der Waals surface area contributed by atoms with Crippen LogP contribution in [0, 0.1) is 0 Å². The summed E-state index contributed by atoms with van der Waals surface area (Å²) >= 11 is 6.56. The van der Waals surface area contributed by atoms with Gasteiger partial charge < -0.3 is 5.48 Å². The molecular formula is C20H9Br2HgO6-2. The molecule has 6 nitrogen and oxygen atoms in total. The van der Waals surface area contributed by atoms with Crippen LogP contribution in [-0.2, 0) is 36.5 Å². The molecule has 5 rings (SSSR count). The summed E-state index contributed by atoms with van der Waals surface area (Å²) in [6.07, 6.45) is 0. The molecule has 2 N–H and O–H groups in total. The van der Waals surface area contributed by atoms with Gasteiger partial charge in [-0.3, -0.25) is 0 Å². The Morgan fingerprint density at radius 3 is 2.41 bits per heavy atom. The Labute approximate surface area is 198 Å². The number of rotatable bonds is 0. The van der Waals surface area contributed by atoms with Crippen LogP contribution in [0.2, 0.25) is 0 Å². The number of ether oxygens (including phenoxy) is 2. The zero-order chi connectivity index (χ0) is 19.8. The van der Waals surface area contributed by atoms with Crippen molar-refractivity contribution >= 4 is 40.9 Å². The number of carbonyl (C=O) groups is 1. The van der Waals surface area contributed by atoms with E-state index in [1.807, 2.05) is 12.1 Å². The van der Waals surface area contributed by atoms with Crippen LogP contribution in [0.4, 0.5) is 0 Å². The minimum atomic E-state index is -1.28. The molecule has 1 unspecified atom stereocenters. The molecule has 3 aromatic carbocycles. The zero-order valence-electron chi connectivity index (χ0n) is 14.5. The maximum atomic E-state index is 12.7. The molecule has 29 heavy (non-hydrogen) atoms. The third kappa shape index (κ3) is 2.69. The molecule has 3 aromatic rings. The molecule has 0 fully saturated rings. The van der Waals surface area contributed by atoms with Crippen molar-refractivity contribution in [3.05, 3.63) is 73.7 Å². The molecule has 2 aliphatic rings. The second-order valence-electron chi connectivity index (χ2n) is 6.54. The monoisotopic (exact) mass is 705 g/mol. The Morgan fingerprint density at radius 2 is 1.66 bits per heavy atom. The standard InChI is InChI=1S/C20H9Br2O5.Hg.H2O/c21-13-5-11-17(7-15(13)23)26-18-8-16(24)14(22)6-12(18)20(11)10-4-2-1-3-9(10)19(25)27-20;;/h1-7,23-24H;;1H2/p-2. The van der Waals surface area contributed by atoms with Gasteiger partial charge in [-0.2, -0.15) is 0 Å². The van der Waals surface area contributed by atoms with Gasteiger partial charge in [-0.25, -0.2) is 0 Å². The van der Waals surface area contributed by atoms with Crippen molar-refractivity contribution in [1.29, 1.82) is 0 Å². The molecule has 0 aromatic heterocycles. The van der Waals surface area contributed by atoms with Crippen molar-refractivity contribution in [2.45, 2.75) is 5.60 Å². The van der Waals surface area contributed by atoms with E-state index in [1.54, 1.807) is 24.3 Å². The predicted molar refractivity (Wildman–Crippen MR) is 102 cm³/mol. The Hall–Kier alpha value is -1.61. The van der Waals surface area contributed by atoms with Crippen LogP contribution in [-0.4, -0.2) is 11.4 Å². The molecule has 0 saturated heterocycles. The van der Waals surface area contributed by atoms with Crippen LogP contribution in [0.25, 0.3) is 0 Å². The molecule has 2 aliphatic heterocycles. The molecule has 0 aliphatic carbocycles. The number of benzene rings is 3. The van der Waals surface area contributed by atoms with Crippen molar-refractivity contribution in [2.75, 3.05) is 0 Å². The van der Waals surface area contributed by atoms with Gasteiger partial charge in [0.15, 0.2) is 0 Å². The predicted octanol–water partition coefficient (Wildman–Crippen LogP) is 2.27. The van der Waals surface area contributed by atoms with E-state index in [-0.39, 0.29) is 43.1 Å². The summed E-state index contributed by atoms with van der Waals surface area (Å²) < 4.78 is 13.3. The van der Waals surface area contributed by atoms with E-state index in [0.717, 1.165) is 0 Å². The topological polar surface area (TPSA) is 113 Å². The van der Waals surface area contributed by atoms with Crippen LogP contribution >= 0.6 is 31.9 Å². The molecule has 0 amide bonds. The van der Waals surface area contributed by atoms with E-state index >= 15 is 0 Å². The number of halogens is 2. The van der Waals surface area contributed by atoms with E-state index in [2.05, 4.69) is 31.9 Å². The average Bonchev–Trinajstić information content (AvgIpc) is 2.97. The van der Waals surface area contributed by atoms with Crippen LogP contribution < -0.4 is 18.0 Å². The zero-order valence-corrected chi connectivity index (χ0v) is 23.2. The second kappa shape index (κ2) is 6.97. The van der Waals surface area contributed by atoms with Gasteiger partial charge >= 0.3 is 194 Å². The van der Waals surface area contributed by atoms with Crippen molar-refractivity contribution < 1.29 is 56.1 Å². The Morgan fingerprint density at radius 1 is 0.966 bits per heavy atom. The van der Waals surface area contributed by atoms with Crippen molar-refractivity contribution in [1.82, 2.24) is 0 Å². The van der Waals surface area contributed by atoms with Crippen LogP contribution in [0.1, 0.15) is 27.0 Å². The number of hydrogen-bond donors (Lipinski definition) is 0. The number of fused-ring (bicyclic) bond motifs is 6. The molecule has 0 saturated carbocycles.